The predicted molar refractivity (Wildman–Crippen MR) is 120 cm³/mol. The van der Waals surface area contributed by atoms with Gasteiger partial charge >= 0.3 is 0 Å². The van der Waals surface area contributed by atoms with E-state index in [0.717, 1.165) is 32.1 Å². The van der Waals surface area contributed by atoms with Crippen LogP contribution in [0.3, 0.4) is 0 Å². The lowest BCUT2D eigenvalue weighted by atomic mass is 9.97. The van der Waals surface area contributed by atoms with Gasteiger partial charge in [0, 0.05) is 12.6 Å². The molecule has 5 nitrogen and oxygen atoms in total. The van der Waals surface area contributed by atoms with Crippen LogP contribution < -0.4 is 10.9 Å². The average molecular weight is 414 g/mol. The number of nitrogens with one attached hydrogen (secondary N) is 1. The molecule has 6 heteroatoms. The molecule has 0 fully saturated rings. The molecule has 1 amide bonds. The fourth-order valence-corrected chi connectivity index (χ4v) is 4.63. The summed E-state index contributed by atoms with van der Waals surface area (Å²) in [6, 6.07) is 7.61. The number of thioether (sulfide) groups is 1. The number of allylic oxidation sites excluding steroid dienone is 2. The number of carbonyl (C=O) groups is 1. The van der Waals surface area contributed by atoms with Crippen LogP contribution in [0, 0.1) is 0 Å². The van der Waals surface area contributed by atoms with Crippen LogP contribution in [0.25, 0.3) is 10.9 Å². The number of rotatable bonds is 9. The number of hydrogen-bond acceptors (Lipinski definition) is 4. The molecule has 1 heterocycles. The maximum atomic E-state index is 13.1. The third-order valence-electron chi connectivity index (χ3n) is 5.33. The third kappa shape index (κ3) is 5.95. The Morgan fingerprint density at radius 2 is 2.14 bits per heavy atom. The Morgan fingerprint density at radius 3 is 2.90 bits per heavy atom. The zero-order valence-corrected chi connectivity index (χ0v) is 18.3. The average Bonchev–Trinajstić information content (AvgIpc) is 2.72. The standard InChI is InChI=1S/C23H31N3O2S/c1-3-9-17(2)24-21(27)16-29-23-25-20-13-8-7-12-19(20)22(28)26(23)15-14-18-10-5-4-6-11-18/h7-8,10,12-13,17H,3-6,9,11,14-16H2,1-2H3,(H,24,27). The molecule has 3 rings (SSSR count). The number of carbonyl (C=O) groups excluding carboxylic acids is 1. The zero-order chi connectivity index (χ0) is 20.6. The van der Waals surface area contributed by atoms with Crippen LogP contribution in [-0.2, 0) is 11.3 Å². The highest BCUT2D eigenvalue weighted by Gasteiger charge is 2.15. The van der Waals surface area contributed by atoms with Crippen LogP contribution in [0.5, 0.6) is 0 Å². The molecule has 0 bridgehead atoms. The summed E-state index contributed by atoms with van der Waals surface area (Å²) in [6.45, 7) is 4.74. The predicted octanol–water partition coefficient (Wildman–Crippen LogP) is 4.68. The second kappa shape index (κ2) is 10.6. The van der Waals surface area contributed by atoms with E-state index < -0.39 is 0 Å². The third-order valence-corrected chi connectivity index (χ3v) is 6.31. The van der Waals surface area contributed by atoms with Crippen molar-refractivity contribution >= 4 is 28.6 Å². The van der Waals surface area contributed by atoms with E-state index >= 15 is 0 Å². The van der Waals surface area contributed by atoms with Gasteiger partial charge in [0.25, 0.3) is 5.56 Å². The quantitative estimate of drug-likeness (QED) is 0.368. The number of hydrogen-bond donors (Lipinski definition) is 1. The molecule has 0 saturated carbocycles. The Balaban J connectivity index is 1.79. The van der Waals surface area contributed by atoms with Crippen molar-refractivity contribution in [1.82, 2.24) is 14.9 Å². The lowest BCUT2D eigenvalue weighted by Gasteiger charge is -2.17. The van der Waals surface area contributed by atoms with E-state index in [4.69, 9.17) is 4.98 Å². The summed E-state index contributed by atoms with van der Waals surface area (Å²) in [5.41, 5.74) is 2.10. The van der Waals surface area contributed by atoms with Crippen LogP contribution >= 0.6 is 11.8 Å². The SMILES string of the molecule is CCCC(C)NC(=O)CSc1nc2ccccc2c(=O)n1CCC1=CCCCC1. The number of nitrogens with zero attached hydrogens (tertiary/aromatic N) is 2. The topological polar surface area (TPSA) is 64.0 Å². The first-order valence-corrected chi connectivity index (χ1v) is 11.7. The summed E-state index contributed by atoms with van der Waals surface area (Å²) in [4.78, 5) is 30.1. The normalized spacial score (nSPS) is 15.2. The van der Waals surface area contributed by atoms with E-state index in [1.807, 2.05) is 31.2 Å². The minimum absolute atomic E-state index is 0.0140. The number of benzene rings is 1. The van der Waals surface area contributed by atoms with E-state index in [9.17, 15) is 9.59 Å². The molecule has 1 unspecified atom stereocenters. The van der Waals surface area contributed by atoms with Gasteiger partial charge in [0.05, 0.1) is 16.7 Å². The van der Waals surface area contributed by atoms with Crippen LogP contribution in [0.1, 0.15) is 58.8 Å². The molecule has 156 valence electrons. The lowest BCUT2D eigenvalue weighted by Crippen LogP contribution is -2.34. The van der Waals surface area contributed by atoms with Gasteiger partial charge in [0.15, 0.2) is 5.16 Å². The molecule has 29 heavy (non-hydrogen) atoms. The molecule has 1 aliphatic carbocycles. The van der Waals surface area contributed by atoms with Gasteiger partial charge in [0.1, 0.15) is 0 Å². The van der Waals surface area contributed by atoms with Gasteiger partial charge in [-0.05, 0) is 57.6 Å². The molecular formula is C23H31N3O2S. The summed E-state index contributed by atoms with van der Waals surface area (Å²) in [5, 5.41) is 4.28. The molecule has 2 aromatic rings. The van der Waals surface area contributed by atoms with Gasteiger partial charge in [-0.15, -0.1) is 0 Å². The molecular weight excluding hydrogens is 382 g/mol. The zero-order valence-electron chi connectivity index (χ0n) is 17.4. The van der Waals surface area contributed by atoms with Crippen molar-refractivity contribution in [2.24, 2.45) is 0 Å². The van der Waals surface area contributed by atoms with E-state index in [0.29, 0.717) is 22.6 Å². The van der Waals surface area contributed by atoms with Gasteiger partial charge in [0.2, 0.25) is 5.91 Å². The van der Waals surface area contributed by atoms with Crippen molar-refractivity contribution in [3.63, 3.8) is 0 Å². The van der Waals surface area contributed by atoms with E-state index in [1.54, 1.807) is 4.57 Å². The second-order valence-corrected chi connectivity index (χ2v) is 8.71. The maximum Gasteiger partial charge on any atom is 0.262 e. The van der Waals surface area contributed by atoms with Crippen molar-refractivity contribution in [3.8, 4) is 0 Å². The highest BCUT2D eigenvalue weighted by molar-refractivity contribution is 7.99. The van der Waals surface area contributed by atoms with Gasteiger partial charge < -0.3 is 5.32 Å². The van der Waals surface area contributed by atoms with Crippen LogP contribution in [-0.4, -0.2) is 27.3 Å². The fraction of sp³-hybridized carbons (Fsp3) is 0.522. The van der Waals surface area contributed by atoms with Crippen molar-refractivity contribution in [3.05, 3.63) is 46.3 Å². The van der Waals surface area contributed by atoms with Gasteiger partial charge in [-0.2, -0.15) is 0 Å². The number of amides is 1. The largest absolute Gasteiger partial charge is 0.353 e. The van der Waals surface area contributed by atoms with Crippen molar-refractivity contribution in [1.29, 1.82) is 0 Å². The summed E-state index contributed by atoms with van der Waals surface area (Å²) in [5.74, 6) is 0.251. The van der Waals surface area contributed by atoms with Gasteiger partial charge in [-0.3, -0.25) is 14.2 Å². The second-order valence-electron chi connectivity index (χ2n) is 7.77. The Morgan fingerprint density at radius 1 is 1.31 bits per heavy atom. The number of fused-ring (bicyclic) bond motifs is 1. The minimum atomic E-state index is -0.0192. The molecule has 0 saturated heterocycles. The summed E-state index contributed by atoms with van der Waals surface area (Å²) >= 11 is 1.35. The van der Waals surface area contributed by atoms with Crippen LogP contribution in [0.4, 0.5) is 0 Å². The van der Waals surface area contributed by atoms with E-state index in [1.165, 1.54) is 30.2 Å². The monoisotopic (exact) mass is 413 g/mol. The van der Waals surface area contributed by atoms with Gasteiger partial charge in [-0.25, -0.2) is 4.98 Å². The summed E-state index contributed by atoms with van der Waals surface area (Å²) < 4.78 is 1.76. The fourth-order valence-electron chi connectivity index (χ4n) is 3.79. The first-order chi connectivity index (χ1) is 14.1. The molecule has 1 N–H and O–H groups in total. The Hall–Kier alpha value is -2.08. The number of aromatic nitrogens is 2. The van der Waals surface area contributed by atoms with E-state index in [-0.39, 0.29) is 23.3 Å². The molecule has 1 atom stereocenters. The molecule has 0 radical (unpaired) electrons. The molecule has 1 aromatic heterocycles. The summed E-state index contributed by atoms with van der Waals surface area (Å²) in [7, 11) is 0. The van der Waals surface area contributed by atoms with Crippen molar-refractivity contribution in [2.75, 3.05) is 5.75 Å². The van der Waals surface area contributed by atoms with Crippen molar-refractivity contribution in [2.45, 2.75) is 76.5 Å². The van der Waals surface area contributed by atoms with E-state index in [2.05, 4.69) is 18.3 Å². The van der Waals surface area contributed by atoms with Crippen molar-refractivity contribution < 1.29 is 4.79 Å². The smallest absolute Gasteiger partial charge is 0.262 e. The lowest BCUT2D eigenvalue weighted by molar-refractivity contribution is -0.119. The Labute approximate surface area is 177 Å². The minimum Gasteiger partial charge on any atom is -0.353 e. The molecule has 1 aliphatic rings. The molecule has 1 aromatic carbocycles. The molecule has 0 aliphatic heterocycles. The van der Waals surface area contributed by atoms with Crippen LogP contribution in [0.15, 0.2) is 45.9 Å². The first kappa shape index (κ1) is 21.6. The Kier molecular flexibility index (Phi) is 7.92. The summed E-state index contributed by atoms with van der Waals surface area (Å²) in [6.07, 6.45) is 9.93. The number of para-hydroxylation sites is 1. The van der Waals surface area contributed by atoms with Gasteiger partial charge in [-0.1, -0.05) is 48.9 Å². The Bertz CT molecular complexity index is 935. The highest BCUT2D eigenvalue weighted by Crippen LogP contribution is 2.23. The molecule has 0 spiro atoms. The maximum absolute atomic E-state index is 13.1. The first-order valence-electron chi connectivity index (χ1n) is 10.7. The highest BCUT2D eigenvalue weighted by atomic mass is 32.2. The van der Waals surface area contributed by atoms with Crippen LogP contribution in [0.2, 0.25) is 0 Å².